The molecule has 196 valence electrons. The Labute approximate surface area is 200 Å². The normalized spacial score (nSPS) is 22.9. The lowest BCUT2D eigenvalue weighted by atomic mass is 9.78. The summed E-state index contributed by atoms with van der Waals surface area (Å²) in [6.07, 6.45) is 0.222. The quantitative estimate of drug-likeness (QED) is 0.114. The summed E-state index contributed by atoms with van der Waals surface area (Å²) in [6.45, 7) is 3.86. The Kier molecular flexibility index (Phi) is 11.3. The van der Waals surface area contributed by atoms with Crippen molar-refractivity contribution in [2.45, 2.75) is 57.6 Å². The minimum absolute atomic E-state index is 0.0312. The van der Waals surface area contributed by atoms with Crippen LogP contribution in [-0.2, 0) is 24.6 Å². The predicted octanol–water partition coefficient (Wildman–Crippen LogP) is -3.51. The number of carbonyl (C=O) groups excluding carboxylic acids is 2. The Hall–Kier alpha value is -1.82. The first-order chi connectivity index (χ1) is 15.7. The molecule has 0 aromatic rings. The largest absolute Gasteiger partial charge is 0.479 e. The summed E-state index contributed by atoms with van der Waals surface area (Å²) in [5.41, 5.74) is 9.01. The Morgan fingerprint density at radius 2 is 1.88 bits per heavy atom. The van der Waals surface area contributed by atoms with E-state index < -0.39 is 65.2 Å². The van der Waals surface area contributed by atoms with Gasteiger partial charge >= 0.3 is 13.1 Å². The second-order valence-electron chi connectivity index (χ2n) is 8.47. The van der Waals surface area contributed by atoms with Crippen molar-refractivity contribution in [2.24, 2.45) is 17.4 Å². The number of carboxylic acid groups (broad SMARTS) is 1. The number of aliphatic carboxylic acids is 1. The maximum atomic E-state index is 13.2. The molecule has 34 heavy (non-hydrogen) atoms. The standard InChI is InChI=1S/C18H37BN6O8S/c1-4-24(9-8-20)34(32,33)25-10-14(6-5-7-19(30)31)18(11-25,17(28)29)23-16(27)13(3)22-15(26)12(2)21/h12-14,30-31H,4-11,20-21H2,1-3H3,(H,22,26)(H,23,27)(H,28,29)/t12-,13-,14-,18-/m0/s1. The predicted molar refractivity (Wildman–Crippen MR) is 124 cm³/mol. The summed E-state index contributed by atoms with van der Waals surface area (Å²) in [7, 11) is -5.70. The van der Waals surface area contributed by atoms with E-state index in [1.165, 1.54) is 13.8 Å². The van der Waals surface area contributed by atoms with Gasteiger partial charge in [-0.3, -0.25) is 9.59 Å². The molecule has 4 atom stereocenters. The van der Waals surface area contributed by atoms with Crippen LogP contribution in [-0.4, -0.2) is 107 Å². The fraction of sp³-hybridized carbons (Fsp3) is 0.833. The second kappa shape index (κ2) is 12.8. The number of nitrogens with two attached hydrogens (primary N) is 2. The number of rotatable bonds is 14. The van der Waals surface area contributed by atoms with E-state index in [0.717, 1.165) is 8.61 Å². The highest BCUT2D eigenvalue weighted by Crippen LogP contribution is 2.35. The van der Waals surface area contributed by atoms with Crippen LogP contribution in [0.15, 0.2) is 0 Å². The van der Waals surface area contributed by atoms with Crippen molar-refractivity contribution in [1.29, 1.82) is 0 Å². The minimum atomic E-state index is -4.09. The zero-order valence-corrected chi connectivity index (χ0v) is 20.6. The highest BCUT2D eigenvalue weighted by molar-refractivity contribution is 7.86. The molecule has 0 aliphatic carbocycles. The Morgan fingerprint density at radius 1 is 1.26 bits per heavy atom. The lowest BCUT2D eigenvalue weighted by Gasteiger charge is -2.33. The third-order valence-electron chi connectivity index (χ3n) is 5.84. The Balaban J connectivity index is 3.28. The zero-order valence-electron chi connectivity index (χ0n) is 19.8. The van der Waals surface area contributed by atoms with Crippen LogP contribution in [0.1, 0.15) is 33.6 Å². The fourth-order valence-electron chi connectivity index (χ4n) is 3.85. The molecule has 1 aliphatic rings. The first-order valence-electron chi connectivity index (χ1n) is 11.2. The molecule has 0 bridgehead atoms. The molecule has 1 rings (SSSR count). The van der Waals surface area contributed by atoms with E-state index >= 15 is 0 Å². The third kappa shape index (κ3) is 7.34. The number of likely N-dealkylation sites (N-methyl/N-ethyl adjacent to an activating group) is 1. The molecule has 9 N–H and O–H groups in total. The van der Waals surface area contributed by atoms with Gasteiger partial charge in [-0.05, 0) is 26.6 Å². The monoisotopic (exact) mass is 508 g/mol. The lowest BCUT2D eigenvalue weighted by Crippen LogP contribution is -2.63. The van der Waals surface area contributed by atoms with Crippen LogP contribution in [0, 0.1) is 5.92 Å². The second-order valence-corrected chi connectivity index (χ2v) is 10.4. The van der Waals surface area contributed by atoms with E-state index in [1.54, 1.807) is 6.92 Å². The molecule has 0 aromatic carbocycles. The van der Waals surface area contributed by atoms with Gasteiger partial charge in [-0.25, -0.2) is 4.79 Å². The zero-order chi connectivity index (χ0) is 26.3. The summed E-state index contributed by atoms with van der Waals surface area (Å²) in [5, 5.41) is 33.3. The summed E-state index contributed by atoms with van der Waals surface area (Å²) < 4.78 is 28.5. The molecule has 0 saturated carbocycles. The van der Waals surface area contributed by atoms with E-state index in [1.807, 2.05) is 0 Å². The molecule has 0 spiro atoms. The van der Waals surface area contributed by atoms with Gasteiger partial charge in [0, 0.05) is 38.6 Å². The van der Waals surface area contributed by atoms with Gasteiger partial charge in [0.2, 0.25) is 11.8 Å². The molecule has 1 saturated heterocycles. The maximum absolute atomic E-state index is 13.2. The highest BCUT2D eigenvalue weighted by Gasteiger charge is 2.56. The molecule has 2 amide bonds. The Bertz CT molecular complexity index is 829. The van der Waals surface area contributed by atoms with Crippen LogP contribution in [0.3, 0.4) is 0 Å². The van der Waals surface area contributed by atoms with Gasteiger partial charge in [0.1, 0.15) is 6.04 Å². The van der Waals surface area contributed by atoms with Gasteiger partial charge in [0.05, 0.1) is 6.04 Å². The molecule has 1 aliphatic heterocycles. The van der Waals surface area contributed by atoms with E-state index in [4.69, 9.17) is 21.5 Å². The topological polar surface area (TPSA) is 229 Å². The lowest BCUT2D eigenvalue weighted by molar-refractivity contribution is -0.149. The van der Waals surface area contributed by atoms with E-state index in [9.17, 15) is 27.9 Å². The number of hydrogen-bond acceptors (Lipinski definition) is 9. The molecular weight excluding hydrogens is 471 g/mol. The first kappa shape index (κ1) is 30.2. The number of nitrogens with zero attached hydrogens (tertiary/aromatic N) is 2. The molecule has 0 aromatic heterocycles. The minimum Gasteiger partial charge on any atom is -0.479 e. The van der Waals surface area contributed by atoms with Gasteiger partial charge in [0.25, 0.3) is 10.2 Å². The van der Waals surface area contributed by atoms with Crippen LogP contribution < -0.4 is 22.1 Å². The average molecular weight is 508 g/mol. The number of carbonyl (C=O) groups is 3. The highest BCUT2D eigenvalue weighted by atomic mass is 32.2. The van der Waals surface area contributed by atoms with E-state index in [0.29, 0.717) is 0 Å². The van der Waals surface area contributed by atoms with Gasteiger partial charge in [-0.2, -0.15) is 17.0 Å². The number of amides is 2. The van der Waals surface area contributed by atoms with Crippen LogP contribution in [0.5, 0.6) is 0 Å². The summed E-state index contributed by atoms with van der Waals surface area (Å²) in [6, 6.07) is -2.03. The molecule has 1 heterocycles. The smallest absolute Gasteiger partial charge is 0.451 e. The van der Waals surface area contributed by atoms with Crippen molar-refractivity contribution in [3.8, 4) is 0 Å². The van der Waals surface area contributed by atoms with E-state index in [2.05, 4.69) is 10.6 Å². The molecule has 16 heteroatoms. The molecule has 0 unspecified atom stereocenters. The fourth-order valence-corrected chi connectivity index (χ4v) is 5.58. The molecule has 0 radical (unpaired) electrons. The summed E-state index contributed by atoms with van der Waals surface area (Å²) in [4.78, 5) is 37.2. The van der Waals surface area contributed by atoms with Crippen molar-refractivity contribution in [3.63, 3.8) is 0 Å². The van der Waals surface area contributed by atoms with Gasteiger partial charge in [-0.15, -0.1) is 0 Å². The number of nitrogens with one attached hydrogen (secondary N) is 2. The maximum Gasteiger partial charge on any atom is 0.451 e. The number of hydrogen-bond donors (Lipinski definition) is 7. The number of carboxylic acids is 1. The van der Waals surface area contributed by atoms with Crippen molar-refractivity contribution in [1.82, 2.24) is 19.2 Å². The van der Waals surface area contributed by atoms with Crippen LogP contribution in [0.2, 0.25) is 6.32 Å². The summed E-state index contributed by atoms with van der Waals surface area (Å²) >= 11 is 0. The molecule has 14 nitrogen and oxygen atoms in total. The van der Waals surface area contributed by atoms with Gasteiger partial charge in [-0.1, -0.05) is 13.3 Å². The third-order valence-corrected chi connectivity index (χ3v) is 7.86. The molecule has 1 fully saturated rings. The first-order valence-corrected chi connectivity index (χ1v) is 12.5. The average Bonchev–Trinajstić information content (AvgIpc) is 3.11. The van der Waals surface area contributed by atoms with Gasteiger partial charge in [0.15, 0.2) is 5.54 Å². The van der Waals surface area contributed by atoms with Crippen molar-refractivity contribution >= 4 is 35.1 Å². The Morgan fingerprint density at radius 3 is 2.35 bits per heavy atom. The molecular formula is C18H37BN6O8S. The summed E-state index contributed by atoms with van der Waals surface area (Å²) in [5.74, 6) is -3.76. The van der Waals surface area contributed by atoms with Crippen molar-refractivity contribution in [2.75, 3.05) is 32.7 Å². The van der Waals surface area contributed by atoms with Crippen LogP contribution in [0.25, 0.3) is 0 Å². The SMILES string of the molecule is CCN(CCN)S(=O)(=O)N1C[C@H](CCCB(O)O)[C@](NC(=O)[C@H](C)NC(=O)[C@H](C)N)(C(=O)O)C1. The van der Waals surface area contributed by atoms with Gasteiger partial charge < -0.3 is 37.3 Å². The van der Waals surface area contributed by atoms with Crippen molar-refractivity contribution in [3.05, 3.63) is 0 Å². The van der Waals surface area contributed by atoms with Crippen molar-refractivity contribution < 1.29 is 38.0 Å². The van der Waals surface area contributed by atoms with E-state index in [-0.39, 0.29) is 45.3 Å². The van der Waals surface area contributed by atoms with Crippen LogP contribution in [0.4, 0.5) is 0 Å². The van der Waals surface area contributed by atoms with Crippen LogP contribution >= 0.6 is 0 Å².